The molecule has 2 unspecified atom stereocenters. The molecular weight excluding hydrogens is 196 g/mol. The Balaban J connectivity index is 1.86. The molecule has 1 aromatic rings. The molecule has 72 valence electrons. The summed E-state index contributed by atoms with van der Waals surface area (Å²) in [5, 5.41) is 6.48. The zero-order valence-electron chi connectivity index (χ0n) is 7.73. The van der Waals surface area contributed by atoms with E-state index in [1.54, 1.807) is 0 Å². The standard InChI is InChI=1S/C11H11ClN2/c12-6-8-1-3-10(4-2-8)14-11-5-9(11)7-13-14/h1-4,7,9,11H,5-6H2. The third-order valence-corrected chi connectivity index (χ3v) is 3.17. The summed E-state index contributed by atoms with van der Waals surface area (Å²) in [7, 11) is 0. The molecular formula is C11H11ClN2. The molecule has 1 aromatic carbocycles. The number of anilines is 1. The molecule has 0 saturated heterocycles. The average molecular weight is 207 g/mol. The van der Waals surface area contributed by atoms with Crippen LogP contribution in [0.4, 0.5) is 5.69 Å². The summed E-state index contributed by atoms with van der Waals surface area (Å²) in [6, 6.07) is 8.95. The van der Waals surface area contributed by atoms with E-state index in [0.717, 1.165) is 5.56 Å². The lowest BCUT2D eigenvalue weighted by Crippen LogP contribution is -2.15. The van der Waals surface area contributed by atoms with Crippen molar-refractivity contribution in [2.75, 3.05) is 5.01 Å². The van der Waals surface area contributed by atoms with Gasteiger partial charge in [-0.1, -0.05) is 12.1 Å². The van der Waals surface area contributed by atoms with Gasteiger partial charge in [-0.15, -0.1) is 11.6 Å². The maximum absolute atomic E-state index is 5.73. The molecule has 3 heteroatoms. The second-order valence-corrected chi connectivity index (χ2v) is 4.14. The highest BCUT2D eigenvalue weighted by atomic mass is 35.5. The average Bonchev–Trinajstić information content (AvgIpc) is 2.91. The molecule has 1 aliphatic heterocycles. The summed E-state index contributed by atoms with van der Waals surface area (Å²) < 4.78 is 0. The van der Waals surface area contributed by atoms with Crippen LogP contribution in [-0.2, 0) is 5.88 Å². The van der Waals surface area contributed by atoms with Gasteiger partial charge in [0.25, 0.3) is 0 Å². The van der Waals surface area contributed by atoms with E-state index < -0.39 is 0 Å². The number of hydrogen-bond donors (Lipinski definition) is 0. The van der Waals surface area contributed by atoms with E-state index in [0.29, 0.717) is 17.8 Å². The fourth-order valence-corrected chi connectivity index (χ4v) is 2.06. The second-order valence-electron chi connectivity index (χ2n) is 3.88. The summed E-state index contributed by atoms with van der Waals surface area (Å²) in [6.07, 6.45) is 3.32. The van der Waals surface area contributed by atoms with Crippen LogP contribution in [0.15, 0.2) is 29.4 Å². The monoisotopic (exact) mass is 206 g/mol. The quantitative estimate of drug-likeness (QED) is 0.680. The van der Waals surface area contributed by atoms with Gasteiger partial charge < -0.3 is 0 Å². The zero-order valence-corrected chi connectivity index (χ0v) is 8.48. The van der Waals surface area contributed by atoms with Crippen molar-refractivity contribution in [3.8, 4) is 0 Å². The Kier molecular flexibility index (Phi) is 1.77. The van der Waals surface area contributed by atoms with Gasteiger partial charge in [-0.3, -0.25) is 5.01 Å². The van der Waals surface area contributed by atoms with Crippen molar-refractivity contribution >= 4 is 23.5 Å². The fraction of sp³-hybridized carbons (Fsp3) is 0.364. The van der Waals surface area contributed by atoms with Crippen LogP contribution < -0.4 is 5.01 Å². The smallest absolute Gasteiger partial charge is 0.0612 e. The summed E-state index contributed by atoms with van der Waals surface area (Å²) in [5.74, 6) is 1.29. The molecule has 14 heavy (non-hydrogen) atoms. The first-order chi connectivity index (χ1) is 6.88. The van der Waals surface area contributed by atoms with Gasteiger partial charge in [0.2, 0.25) is 0 Å². The van der Waals surface area contributed by atoms with Crippen LogP contribution in [0.25, 0.3) is 0 Å². The summed E-state index contributed by atoms with van der Waals surface area (Å²) in [4.78, 5) is 0. The fourth-order valence-electron chi connectivity index (χ4n) is 1.88. The number of fused-ring (bicyclic) bond motifs is 1. The Morgan fingerprint density at radius 3 is 2.64 bits per heavy atom. The molecule has 0 radical (unpaired) electrons. The van der Waals surface area contributed by atoms with Crippen LogP contribution in [0.2, 0.25) is 0 Å². The first kappa shape index (κ1) is 8.30. The molecule has 0 amide bonds. The third-order valence-electron chi connectivity index (χ3n) is 2.86. The largest absolute Gasteiger partial charge is 0.262 e. The number of hydrogen-bond acceptors (Lipinski definition) is 2. The first-order valence-electron chi connectivity index (χ1n) is 4.87. The molecule has 0 N–H and O–H groups in total. The lowest BCUT2D eigenvalue weighted by molar-refractivity contribution is 0.870. The molecule has 2 atom stereocenters. The normalized spacial score (nSPS) is 27.9. The SMILES string of the molecule is ClCc1ccc(N2N=CC3CC32)cc1. The number of alkyl halides is 1. The maximum Gasteiger partial charge on any atom is 0.0612 e. The van der Waals surface area contributed by atoms with Crippen molar-refractivity contribution < 1.29 is 0 Å². The van der Waals surface area contributed by atoms with Crippen LogP contribution >= 0.6 is 11.6 Å². The third kappa shape index (κ3) is 1.22. The zero-order chi connectivity index (χ0) is 9.54. The van der Waals surface area contributed by atoms with E-state index in [-0.39, 0.29) is 0 Å². The molecule has 3 rings (SSSR count). The van der Waals surface area contributed by atoms with Crippen molar-refractivity contribution in [1.29, 1.82) is 0 Å². The van der Waals surface area contributed by atoms with Gasteiger partial charge in [0.1, 0.15) is 0 Å². The van der Waals surface area contributed by atoms with E-state index in [9.17, 15) is 0 Å². The van der Waals surface area contributed by atoms with Crippen molar-refractivity contribution in [3.63, 3.8) is 0 Å². The lowest BCUT2D eigenvalue weighted by Gasteiger charge is -2.15. The number of nitrogens with zero attached hydrogens (tertiary/aromatic N) is 2. The molecule has 0 spiro atoms. The Labute approximate surface area is 88.2 Å². The second kappa shape index (κ2) is 2.99. The van der Waals surface area contributed by atoms with Crippen LogP contribution in [-0.4, -0.2) is 12.3 Å². The van der Waals surface area contributed by atoms with Crippen LogP contribution in [0, 0.1) is 5.92 Å². The Morgan fingerprint density at radius 1 is 1.36 bits per heavy atom. The first-order valence-corrected chi connectivity index (χ1v) is 5.40. The van der Waals surface area contributed by atoms with Crippen LogP contribution in [0.5, 0.6) is 0 Å². The molecule has 2 nitrogen and oxygen atoms in total. The van der Waals surface area contributed by atoms with Gasteiger partial charge in [-0.05, 0) is 24.1 Å². The Hall–Kier alpha value is -1.02. The Morgan fingerprint density at radius 2 is 2.14 bits per heavy atom. The Bertz CT molecular complexity index is 371. The molecule has 1 saturated carbocycles. The number of benzene rings is 1. The predicted molar refractivity (Wildman–Crippen MR) is 58.9 cm³/mol. The molecule has 1 heterocycles. The number of hydrazone groups is 1. The van der Waals surface area contributed by atoms with Gasteiger partial charge in [-0.2, -0.15) is 5.10 Å². The molecule has 1 fully saturated rings. The lowest BCUT2D eigenvalue weighted by atomic mass is 10.2. The van der Waals surface area contributed by atoms with Gasteiger partial charge in [0, 0.05) is 18.0 Å². The van der Waals surface area contributed by atoms with E-state index in [4.69, 9.17) is 11.6 Å². The van der Waals surface area contributed by atoms with E-state index in [1.165, 1.54) is 12.1 Å². The minimum absolute atomic E-state index is 0.579. The highest BCUT2D eigenvalue weighted by Gasteiger charge is 2.45. The molecule has 0 aromatic heterocycles. The predicted octanol–water partition coefficient (Wildman–Crippen LogP) is 2.62. The van der Waals surface area contributed by atoms with Gasteiger partial charge >= 0.3 is 0 Å². The number of rotatable bonds is 2. The highest BCUT2D eigenvalue weighted by Crippen LogP contribution is 2.41. The van der Waals surface area contributed by atoms with Crippen molar-refractivity contribution in [2.45, 2.75) is 18.3 Å². The van der Waals surface area contributed by atoms with Crippen molar-refractivity contribution in [2.24, 2.45) is 11.0 Å². The number of halogens is 1. The van der Waals surface area contributed by atoms with Gasteiger partial charge in [0.15, 0.2) is 0 Å². The van der Waals surface area contributed by atoms with Gasteiger partial charge in [-0.25, -0.2) is 0 Å². The molecule has 2 aliphatic rings. The van der Waals surface area contributed by atoms with E-state index >= 15 is 0 Å². The highest BCUT2D eigenvalue weighted by molar-refractivity contribution is 6.17. The van der Waals surface area contributed by atoms with Crippen molar-refractivity contribution in [1.82, 2.24) is 0 Å². The van der Waals surface area contributed by atoms with Crippen LogP contribution in [0.3, 0.4) is 0 Å². The van der Waals surface area contributed by atoms with Crippen molar-refractivity contribution in [3.05, 3.63) is 29.8 Å². The minimum atomic E-state index is 0.579. The summed E-state index contributed by atoms with van der Waals surface area (Å²) >= 11 is 5.73. The van der Waals surface area contributed by atoms with Gasteiger partial charge in [0.05, 0.1) is 11.7 Å². The van der Waals surface area contributed by atoms with E-state index in [2.05, 4.69) is 40.6 Å². The minimum Gasteiger partial charge on any atom is -0.262 e. The van der Waals surface area contributed by atoms with Crippen LogP contribution in [0.1, 0.15) is 12.0 Å². The summed E-state index contributed by atoms with van der Waals surface area (Å²) in [6.45, 7) is 0. The maximum atomic E-state index is 5.73. The molecule has 0 bridgehead atoms. The van der Waals surface area contributed by atoms with E-state index in [1.807, 2.05) is 0 Å². The summed E-state index contributed by atoms with van der Waals surface area (Å²) in [5.41, 5.74) is 2.34. The molecule has 1 aliphatic carbocycles. The topological polar surface area (TPSA) is 15.6 Å².